The van der Waals surface area contributed by atoms with E-state index in [4.69, 9.17) is 9.47 Å². The average Bonchev–Trinajstić information content (AvgIpc) is 3.04. The van der Waals surface area contributed by atoms with Crippen molar-refractivity contribution < 1.29 is 9.47 Å². The van der Waals surface area contributed by atoms with Crippen LogP contribution in [-0.4, -0.2) is 23.2 Å². The van der Waals surface area contributed by atoms with Crippen molar-refractivity contribution in [1.29, 1.82) is 0 Å². The zero-order chi connectivity index (χ0) is 18.4. The number of H-pyrrole nitrogens is 1. The predicted molar refractivity (Wildman–Crippen MR) is 108 cm³/mol. The first-order valence-electron chi connectivity index (χ1n) is 8.93. The Balaban J connectivity index is 1.66. The van der Waals surface area contributed by atoms with E-state index in [0.29, 0.717) is 26.3 Å². The number of para-hydroxylation sites is 2. The molecular formula is C20H24BrN3O2. The Morgan fingerprint density at radius 2 is 1.96 bits per heavy atom. The van der Waals surface area contributed by atoms with Gasteiger partial charge in [0.15, 0.2) is 11.5 Å². The summed E-state index contributed by atoms with van der Waals surface area (Å²) in [5.41, 5.74) is 3.17. The molecule has 0 saturated heterocycles. The summed E-state index contributed by atoms with van der Waals surface area (Å²) in [5, 5.41) is 3.43. The third-order valence-corrected chi connectivity index (χ3v) is 4.47. The number of ether oxygens (including phenoxy) is 2. The first-order chi connectivity index (χ1) is 12.7. The van der Waals surface area contributed by atoms with Gasteiger partial charge in [-0.05, 0) is 59.1 Å². The van der Waals surface area contributed by atoms with Crippen LogP contribution in [0, 0.1) is 0 Å². The number of imidazole rings is 1. The number of hydrogen-bond donors (Lipinski definition) is 2. The van der Waals surface area contributed by atoms with Gasteiger partial charge in [-0.1, -0.05) is 19.1 Å². The van der Waals surface area contributed by atoms with Crippen LogP contribution in [0.4, 0.5) is 0 Å². The lowest BCUT2D eigenvalue weighted by molar-refractivity contribution is 0.275. The second kappa shape index (κ2) is 9.05. The molecule has 26 heavy (non-hydrogen) atoms. The van der Waals surface area contributed by atoms with Gasteiger partial charge in [0.2, 0.25) is 0 Å². The lowest BCUT2D eigenvalue weighted by Gasteiger charge is -2.15. The second-order valence-corrected chi connectivity index (χ2v) is 6.84. The van der Waals surface area contributed by atoms with Crippen molar-refractivity contribution >= 4 is 27.0 Å². The highest BCUT2D eigenvalue weighted by atomic mass is 79.9. The van der Waals surface area contributed by atoms with E-state index in [0.717, 1.165) is 44.8 Å². The minimum atomic E-state index is 0.602. The van der Waals surface area contributed by atoms with Gasteiger partial charge in [0.1, 0.15) is 5.82 Å². The summed E-state index contributed by atoms with van der Waals surface area (Å²) in [6.07, 6.45) is 0.957. The fourth-order valence-electron chi connectivity index (χ4n) is 2.75. The lowest BCUT2D eigenvalue weighted by atomic mass is 10.2. The maximum absolute atomic E-state index is 5.82. The van der Waals surface area contributed by atoms with Gasteiger partial charge in [0.25, 0.3) is 0 Å². The van der Waals surface area contributed by atoms with E-state index in [1.165, 1.54) is 0 Å². The zero-order valence-electron chi connectivity index (χ0n) is 15.1. The molecule has 0 amide bonds. The van der Waals surface area contributed by atoms with Gasteiger partial charge < -0.3 is 19.8 Å². The highest BCUT2D eigenvalue weighted by molar-refractivity contribution is 9.10. The van der Waals surface area contributed by atoms with E-state index >= 15 is 0 Å². The average molecular weight is 418 g/mol. The molecule has 2 N–H and O–H groups in total. The summed E-state index contributed by atoms with van der Waals surface area (Å²) >= 11 is 3.61. The summed E-state index contributed by atoms with van der Waals surface area (Å²) in [7, 11) is 0. The Kier molecular flexibility index (Phi) is 6.52. The molecule has 0 aliphatic carbocycles. The van der Waals surface area contributed by atoms with Crippen molar-refractivity contribution in [2.75, 3.05) is 13.2 Å². The molecule has 0 saturated carbocycles. The SMILES string of the molecule is CCCOc1c(Br)cc(CNCc2nc3ccccc3[nH]2)cc1OCC. The fourth-order valence-corrected chi connectivity index (χ4v) is 3.35. The molecule has 6 heteroatoms. The predicted octanol–water partition coefficient (Wildman–Crippen LogP) is 4.80. The Morgan fingerprint density at radius 1 is 1.12 bits per heavy atom. The van der Waals surface area contributed by atoms with Gasteiger partial charge in [-0.15, -0.1) is 0 Å². The quantitative estimate of drug-likeness (QED) is 0.524. The van der Waals surface area contributed by atoms with Crippen LogP contribution in [0.15, 0.2) is 40.9 Å². The van der Waals surface area contributed by atoms with Crippen LogP contribution >= 0.6 is 15.9 Å². The molecule has 2 aromatic carbocycles. The molecule has 0 aliphatic rings. The number of aromatic amines is 1. The molecule has 0 bridgehead atoms. The van der Waals surface area contributed by atoms with Crippen LogP contribution in [0.1, 0.15) is 31.7 Å². The Morgan fingerprint density at radius 3 is 2.73 bits per heavy atom. The van der Waals surface area contributed by atoms with E-state index in [1.807, 2.05) is 37.3 Å². The number of nitrogens with zero attached hydrogens (tertiary/aromatic N) is 1. The molecule has 138 valence electrons. The van der Waals surface area contributed by atoms with Gasteiger partial charge in [-0.2, -0.15) is 0 Å². The summed E-state index contributed by atoms with van der Waals surface area (Å²) in [6, 6.07) is 12.1. The monoisotopic (exact) mass is 417 g/mol. The van der Waals surface area contributed by atoms with Gasteiger partial charge in [0, 0.05) is 6.54 Å². The number of aromatic nitrogens is 2. The van der Waals surface area contributed by atoms with Crippen molar-refractivity contribution in [1.82, 2.24) is 15.3 Å². The Bertz CT molecular complexity index is 830. The van der Waals surface area contributed by atoms with E-state index in [9.17, 15) is 0 Å². The van der Waals surface area contributed by atoms with E-state index in [2.05, 4.69) is 44.2 Å². The molecule has 0 atom stereocenters. The molecule has 0 radical (unpaired) electrons. The topological polar surface area (TPSA) is 59.2 Å². The summed E-state index contributed by atoms with van der Waals surface area (Å²) in [5.74, 6) is 2.48. The molecule has 0 unspecified atom stereocenters. The molecule has 3 rings (SSSR count). The maximum Gasteiger partial charge on any atom is 0.175 e. The lowest BCUT2D eigenvalue weighted by Crippen LogP contribution is -2.14. The number of hydrogen-bond acceptors (Lipinski definition) is 4. The van der Waals surface area contributed by atoms with Gasteiger partial charge in [-0.25, -0.2) is 4.98 Å². The van der Waals surface area contributed by atoms with Crippen molar-refractivity contribution in [3.05, 3.63) is 52.3 Å². The molecule has 3 aromatic rings. The van der Waals surface area contributed by atoms with E-state index in [1.54, 1.807) is 0 Å². The van der Waals surface area contributed by atoms with Crippen molar-refractivity contribution in [2.24, 2.45) is 0 Å². The summed E-state index contributed by atoms with van der Waals surface area (Å²) < 4.78 is 12.5. The molecule has 5 nitrogen and oxygen atoms in total. The van der Waals surface area contributed by atoms with Gasteiger partial charge in [0.05, 0.1) is 35.3 Å². The Hall–Kier alpha value is -2.05. The number of nitrogens with one attached hydrogen (secondary N) is 2. The first-order valence-corrected chi connectivity index (χ1v) is 9.73. The maximum atomic E-state index is 5.82. The number of rotatable bonds is 9. The molecule has 0 aliphatic heterocycles. The summed E-state index contributed by atoms with van der Waals surface area (Å²) in [6.45, 7) is 6.72. The smallest absolute Gasteiger partial charge is 0.175 e. The molecule has 0 fully saturated rings. The largest absolute Gasteiger partial charge is 0.490 e. The van der Waals surface area contributed by atoms with Crippen LogP contribution < -0.4 is 14.8 Å². The highest BCUT2D eigenvalue weighted by Gasteiger charge is 2.12. The second-order valence-electron chi connectivity index (χ2n) is 5.99. The highest BCUT2D eigenvalue weighted by Crippen LogP contribution is 2.37. The number of halogens is 1. The van der Waals surface area contributed by atoms with Crippen LogP contribution in [-0.2, 0) is 13.1 Å². The van der Waals surface area contributed by atoms with Crippen molar-refractivity contribution in [3.63, 3.8) is 0 Å². The molecular weight excluding hydrogens is 394 g/mol. The molecule has 1 aromatic heterocycles. The van der Waals surface area contributed by atoms with Crippen molar-refractivity contribution in [3.8, 4) is 11.5 Å². The van der Waals surface area contributed by atoms with E-state index in [-0.39, 0.29) is 0 Å². The van der Waals surface area contributed by atoms with Crippen LogP contribution in [0.2, 0.25) is 0 Å². The zero-order valence-corrected chi connectivity index (χ0v) is 16.7. The van der Waals surface area contributed by atoms with Crippen LogP contribution in [0.5, 0.6) is 11.5 Å². The normalized spacial score (nSPS) is 11.0. The van der Waals surface area contributed by atoms with E-state index < -0.39 is 0 Å². The van der Waals surface area contributed by atoms with Crippen LogP contribution in [0.25, 0.3) is 11.0 Å². The van der Waals surface area contributed by atoms with Crippen molar-refractivity contribution in [2.45, 2.75) is 33.4 Å². The standard InChI is InChI=1S/C20H24BrN3O2/c1-3-9-26-20-15(21)10-14(11-18(20)25-4-2)12-22-13-19-23-16-7-5-6-8-17(16)24-19/h5-8,10-11,22H,3-4,9,12-13H2,1-2H3,(H,23,24). The van der Waals surface area contributed by atoms with Crippen LogP contribution in [0.3, 0.4) is 0 Å². The minimum Gasteiger partial charge on any atom is -0.490 e. The third-order valence-electron chi connectivity index (χ3n) is 3.88. The van der Waals surface area contributed by atoms with Gasteiger partial charge >= 0.3 is 0 Å². The summed E-state index contributed by atoms with van der Waals surface area (Å²) in [4.78, 5) is 7.91. The van der Waals surface area contributed by atoms with Gasteiger partial charge in [-0.3, -0.25) is 0 Å². The molecule has 1 heterocycles. The minimum absolute atomic E-state index is 0.602. The number of benzene rings is 2. The Labute approximate surface area is 162 Å². The number of fused-ring (bicyclic) bond motifs is 1. The first kappa shape index (κ1) is 18.7. The third kappa shape index (κ3) is 4.56. The fraction of sp³-hybridized carbons (Fsp3) is 0.350. The molecule has 0 spiro atoms.